The van der Waals surface area contributed by atoms with Crippen molar-refractivity contribution in [1.82, 2.24) is 4.57 Å². The van der Waals surface area contributed by atoms with Crippen molar-refractivity contribution in [2.75, 3.05) is 0 Å². The number of Topliss-reactive ketones (excluding diaryl/α,β-unsaturated/α-hetero) is 1. The maximum absolute atomic E-state index is 13.2. The van der Waals surface area contributed by atoms with Gasteiger partial charge in [-0.15, -0.1) is 0 Å². The maximum Gasteiger partial charge on any atom is 0.163 e. The molecule has 0 spiro atoms. The highest BCUT2D eigenvalue weighted by molar-refractivity contribution is 6.35. The Morgan fingerprint density at radius 1 is 1.50 bits per heavy atom. The molecule has 2 aromatic rings. The summed E-state index contributed by atoms with van der Waals surface area (Å²) in [5.74, 6) is -0.507. The number of carbonyl (C=O) groups is 1. The van der Waals surface area contributed by atoms with E-state index in [-0.39, 0.29) is 11.6 Å². The number of hydrogen-bond donors (Lipinski definition) is 0. The third kappa shape index (κ3) is 1.52. The van der Waals surface area contributed by atoms with Crippen LogP contribution in [0.4, 0.5) is 4.39 Å². The lowest BCUT2D eigenvalue weighted by Gasteiger charge is -2.01. The first kappa shape index (κ1) is 11.1. The summed E-state index contributed by atoms with van der Waals surface area (Å²) in [7, 11) is 0. The van der Waals surface area contributed by atoms with E-state index in [0.29, 0.717) is 22.6 Å². The molecule has 0 atom stereocenters. The topological polar surface area (TPSA) is 22.0 Å². The Morgan fingerprint density at radius 3 is 2.75 bits per heavy atom. The van der Waals surface area contributed by atoms with E-state index in [1.54, 1.807) is 10.6 Å². The zero-order valence-electron chi connectivity index (χ0n) is 9.05. The molecule has 1 aromatic carbocycles. The largest absolute Gasteiger partial charge is 0.331 e. The number of ketones is 1. The van der Waals surface area contributed by atoms with Crippen LogP contribution in [-0.4, -0.2) is 10.4 Å². The highest BCUT2D eigenvalue weighted by Gasteiger charge is 2.18. The molecule has 0 bridgehead atoms. The van der Waals surface area contributed by atoms with E-state index in [9.17, 15) is 9.18 Å². The number of carbonyl (C=O) groups excluding carboxylic acids is 1. The highest BCUT2D eigenvalue weighted by Crippen LogP contribution is 2.30. The van der Waals surface area contributed by atoms with Crippen LogP contribution in [0.15, 0.2) is 18.2 Å². The quantitative estimate of drug-likeness (QED) is 0.733. The van der Waals surface area contributed by atoms with E-state index >= 15 is 0 Å². The molecule has 0 aliphatic heterocycles. The minimum absolute atomic E-state index is 0.146. The zero-order chi connectivity index (χ0) is 11.9. The lowest BCUT2D eigenvalue weighted by molar-refractivity contribution is 0.101. The first-order chi connectivity index (χ1) is 7.56. The molecule has 1 aromatic heterocycles. The number of aromatic nitrogens is 1. The molecule has 0 fully saturated rings. The Balaban J connectivity index is 2.92. The van der Waals surface area contributed by atoms with Crippen molar-refractivity contribution in [2.24, 2.45) is 0 Å². The third-order valence-corrected chi connectivity index (χ3v) is 3.02. The van der Waals surface area contributed by atoms with E-state index in [4.69, 9.17) is 11.6 Å². The van der Waals surface area contributed by atoms with E-state index in [0.717, 1.165) is 5.52 Å². The van der Waals surface area contributed by atoms with Crippen molar-refractivity contribution < 1.29 is 9.18 Å². The van der Waals surface area contributed by atoms with Crippen molar-refractivity contribution in [3.63, 3.8) is 0 Å². The fourth-order valence-corrected chi connectivity index (χ4v) is 2.39. The fraction of sp³-hybridized carbons (Fsp3) is 0.250. The van der Waals surface area contributed by atoms with Crippen LogP contribution in [0.5, 0.6) is 0 Å². The van der Waals surface area contributed by atoms with E-state index in [1.807, 2.05) is 6.92 Å². The number of halogens is 2. The highest BCUT2D eigenvalue weighted by atomic mass is 35.5. The van der Waals surface area contributed by atoms with Crippen LogP contribution in [-0.2, 0) is 6.54 Å². The predicted molar refractivity (Wildman–Crippen MR) is 62.6 cm³/mol. The molecule has 2 nitrogen and oxygen atoms in total. The first-order valence-electron chi connectivity index (χ1n) is 5.04. The molecule has 0 saturated heterocycles. The lowest BCUT2D eigenvalue weighted by Crippen LogP contribution is -1.95. The molecule has 1 heterocycles. The summed E-state index contributed by atoms with van der Waals surface area (Å²) < 4.78 is 15.0. The SMILES string of the molecule is CCn1c(Cl)c(C(C)=O)c2cc(F)ccc21. The standard InChI is InChI=1S/C12H11ClFNO/c1-3-15-10-5-4-8(14)6-9(10)11(7(2)16)12(15)13/h4-6H,3H2,1-2H3. The second-order valence-corrected chi connectivity index (χ2v) is 3.99. The normalized spacial score (nSPS) is 11.0. The Hall–Kier alpha value is -1.35. The number of nitrogens with zero attached hydrogens (tertiary/aromatic N) is 1. The van der Waals surface area contributed by atoms with Gasteiger partial charge < -0.3 is 4.57 Å². The van der Waals surface area contributed by atoms with Gasteiger partial charge in [-0.3, -0.25) is 4.79 Å². The molecular formula is C12H11ClFNO. The van der Waals surface area contributed by atoms with Crippen LogP contribution in [0.3, 0.4) is 0 Å². The van der Waals surface area contributed by atoms with Gasteiger partial charge in [0.2, 0.25) is 0 Å². The summed E-state index contributed by atoms with van der Waals surface area (Å²) in [5, 5.41) is 0.968. The summed E-state index contributed by atoms with van der Waals surface area (Å²) in [6.45, 7) is 4.01. The average molecular weight is 240 g/mol. The summed E-state index contributed by atoms with van der Waals surface area (Å²) in [4.78, 5) is 11.5. The monoisotopic (exact) mass is 239 g/mol. The van der Waals surface area contributed by atoms with Crippen molar-refractivity contribution in [2.45, 2.75) is 20.4 Å². The van der Waals surface area contributed by atoms with E-state index in [2.05, 4.69) is 0 Å². The van der Waals surface area contributed by atoms with Crippen molar-refractivity contribution in [3.05, 3.63) is 34.7 Å². The summed E-state index contributed by atoms with van der Waals surface area (Å²) >= 11 is 6.12. The van der Waals surface area contributed by atoms with Crippen LogP contribution in [0.1, 0.15) is 24.2 Å². The molecule has 0 amide bonds. The van der Waals surface area contributed by atoms with Crippen LogP contribution in [0, 0.1) is 5.82 Å². The van der Waals surface area contributed by atoms with Gasteiger partial charge in [0.05, 0.1) is 11.1 Å². The Kier molecular flexibility index (Phi) is 2.72. The number of fused-ring (bicyclic) bond motifs is 1. The van der Waals surface area contributed by atoms with Crippen molar-refractivity contribution in [3.8, 4) is 0 Å². The number of aryl methyl sites for hydroxylation is 1. The van der Waals surface area contributed by atoms with Crippen molar-refractivity contribution in [1.29, 1.82) is 0 Å². The van der Waals surface area contributed by atoms with E-state index < -0.39 is 0 Å². The number of benzene rings is 1. The lowest BCUT2D eigenvalue weighted by atomic mass is 10.1. The summed E-state index contributed by atoms with van der Waals surface area (Å²) in [6, 6.07) is 4.37. The average Bonchev–Trinajstić information content (AvgIpc) is 2.48. The number of hydrogen-bond acceptors (Lipinski definition) is 1. The van der Waals surface area contributed by atoms with E-state index in [1.165, 1.54) is 19.1 Å². The predicted octanol–water partition coefficient (Wildman–Crippen LogP) is 3.66. The molecule has 0 radical (unpaired) electrons. The minimum atomic E-state index is -0.361. The molecule has 4 heteroatoms. The van der Waals surface area contributed by atoms with Gasteiger partial charge in [0.1, 0.15) is 11.0 Å². The molecule has 84 valence electrons. The first-order valence-corrected chi connectivity index (χ1v) is 5.42. The van der Waals surface area contributed by atoms with Crippen LogP contribution in [0.25, 0.3) is 10.9 Å². The molecule has 0 saturated carbocycles. The third-order valence-electron chi connectivity index (χ3n) is 2.63. The number of rotatable bonds is 2. The second-order valence-electron chi connectivity index (χ2n) is 3.63. The van der Waals surface area contributed by atoms with Gasteiger partial charge in [-0.05, 0) is 32.0 Å². The molecular weight excluding hydrogens is 229 g/mol. The van der Waals surface area contributed by atoms with Gasteiger partial charge in [0, 0.05) is 11.9 Å². The van der Waals surface area contributed by atoms with Crippen LogP contribution < -0.4 is 0 Å². The Morgan fingerprint density at radius 2 is 2.19 bits per heavy atom. The van der Waals surface area contributed by atoms with Gasteiger partial charge in [-0.1, -0.05) is 11.6 Å². The Labute approximate surface area is 97.6 Å². The van der Waals surface area contributed by atoms with Gasteiger partial charge >= 0.3 is 0 Å². The molecule has 2 rings (SSSR count). The van der Waals surface area contributed by atoms with Gasteiger partial charge in [-0.25, -0.2) is 4.39 Å². The molecule has 16 heavy (non-hydrogen) atoms. The molecule has 0 unspecified atom stereocenters. The summed E-state index contributed by atoms with van der Waals surface area (Å²) in [5.41, 5.74) is 1.19. The molecule has 0 aliphatic rings. The van der Waals surface area contributed by atoms with Gasteiger partial charge in [0.25, 0.3) is 0 Å². The molecule has 0 aliphatic carbocycles. The maximum atomic E-state index is 13.2. The molecule has 0 N–H and O–H groups in total. The smallest absolute Gasteiger partial charge is 0.163 e. The minimum Gasteiger partial charge on any atom is -0.331 e. The van der Waals surface area contributed by atoms with Gasteiger partial charge in [0.15, 0.2) is 5.78 Å². The van der Waals surface area contributed by atoms with Crippen LogP contribution in [0.2, 0.25) is 5.15 Å². The Bertz CT molecular complexity index is 574. The summed E-state index contributed by atoms with van der Waals surface area (Å²) in [6.07, 6.45) is 0. The second kappa shape index (κ2) is 3.91. The van der Waals surface area contributed by atoms with Crippen molar-refractivity contribution >= 4 is 28.3 Å². The zero-order valence-corrected chi connectivity index (χ0v) is 9.81. The van der Waals surface area contributed by atoms with Gasteiger partial charge in [-0.2, -0.15) is 0 Å². The van der Waals surface area contributed by atoms with Crippen LogP contribution >= 0.6 is 11.6 Å². The fourth-order valence-electron chi connectivity index (χ4n) is 1.94.